The summed E-state index contributed by atoms with van der Waals surface area (Å²) < 4.78 is 0. The fourth-order valence-electron chi connectivity index (χ4n) is 1.18. The van der Waals surface area contributed by atoms with Crippen molar-refractivity contribution in [1.82, 2.24) is 5.32 Å². The average Bonchev–Trinajstić information content (AvgIpc) is 2.06. The van der Waals surface area contributed by atoms with Crippen LogP contribution in [0.2, 0.25) is 0 Å². The highest BCUT2D eigenvalue weighted by molar-refractivity contribution is 4.71. The van der Waals surface area contributed by atoms with Gasteiger partial charge in [0.15, 0.2) is 0 Å². The maximum atomic E-state index is 8.30. The molecule has 0 spiro atoms. The number of rotatable bonds is 7. The summed E-state index contributed by atoms with van der Waals surface area (Å²) in [7, 11) is 0. The zero-order valence-corrected chi connectivity index (χ0v) is 8.27. The van der Waals surface area contributed by atoms with Gasteiger partial charge in [-0.05, 0) is 13.3 Å². The van der Waals surface area contributed by atoms with Crippen molar-refractivity contribution < 1.29 is 0 Å². The van der Waals surface area contributed by atoms with Crippen LogP contribution in [0.5, 0.6) is 0 Å². The first-order chi connectivity index (χ1) is 5.81. The van der Waals surface area contributed by atoms with Crippen LogP contribution in [0.25, 0.3) is 0 Å². The van der Waals surface area contributed by atoms with Crippen LogP contribution >= 0.6 is 0 Å². The second-order valence-electron chi connectivity index (χ2n) is 3.26. The number of nitrogens with zero attached hydrogens (tertiary/aromatic N) is 1. The molecule has 0 aliphatic carbocycles. The highest BCUT2D eigenvalue weighted by Crippen LogP contribution is 2.02. The van der Waals surface area contributed by atoms with Crippen molar-refractivity contribution in [1.29, 1.82) is 5.26 Å². The van der Waals surface area contributed by atoms with E-state index in [0.29, 0.717) is 12.5 Å². The van der Waals surface area contributed by atoms with Crippen molar-refractivity contribution >= 4 is 0 Å². The van der Waals surface area contributed by atoms with Gasteiger partial charge in [-0.15, -0.1) is 0 Å². The van der Waals surface area contributed by atoms with Crippen LogP contribution in [-0.4, -0.2) is 12.6 Å². The van der Waals surface area contributed by atoms with E-state index in [1.807, 2.05) is 0 Å². The van der Waals surface area contributed by atoms with Crippen molar-refractivity contribution in [2.75, 3.05) is 6.54 Å². The molecule has 0 aromatic carbocycles. The Morgan fingerprint density at radius 3 is 2.75 bits per heavy atom. The highest BCUT2D eigenvalue weighted by atomic mass is 14.9. The molecule has 0 aromatic rings. The molecular weight excluding hydrogens is 148 g/mol. The zero-order chi connectivity index (χ0) is 9.23. The van der Waals surface area contributed by atoms with E-state index in [1.165, 1.54) is 25.7 Å². The molecule has 1 atom stereocenters. The Morgan fingerprint density at radius 2 is 2.17 bits per heavy atom. The smallest absolute Gasteiger partial charge is 0.0635 e. The van der Waals surface area contributed by atoms with E-state index in [1.54, 1.807) is 0 Å². The van der Waals surface area contributed by atoms with Crippen molar-refractivity contribution in [2.45, 2.75) is 52.0 Å². The molecule has 0 heterocycles. The van der Waals surface area contributed by atoms with Crippen LogP contribution in [0.3, 0.4) is 0 Å². The predicted molar refractivity (Wildman–Crippen MR) is 51.8 cm³/mol. The molecule has 1 unspecified atom stereocenters. The van der Waals surface area contributed by atoms with Crippen molar-refractivity contribution in [2.24, 2.45) is 0 Å². The summed E-state index contributed by atoms with van der Waals surface area (Å²) in [4.78, 5) is 0. The van der Waals surface area contributed by atoms with Gasteiger partial charge in [-0.25, -0.2) is 0 Å². The molecular formula is C10H20N2. The molecule has 2 nitrogen and oxygen atoms in total. The number of unbranched alkanes of at least 4 members (excludes halogenated alkanes) is 2. The van der Waals surface area contributed by atoms with Crippen LogP contribution in [0.15, 0.2) is 0 Å². The molecule has 0 bridgehead atoms. The van der Waals surface area contributed by atoms with Gasteiger partial charge in [0, 0.05) is 19.0 Å². The fraction of sp³-hybridized carbons (Fsp3) is 0.900. The van der Waals surface area contributed by atoms with Gasteiger partial charge in [0.2, 0.25) is 0 Å². The van der Waals surface area contributed by atoms with Crippen LogP contribution in [0, 0.1) is 11.3 Å². The van der Waals surface area contributed by atoms with E-state index in [9.17, 15) is 0 Å². The van der Waals surface area contributed by atoms with Crippen LogP contribution in [0.4, 0.5) is 0 Å². The van der Waals surface area contributed by atoms with Gasteiger partial charge in [-0.2, -0.15) is 5.26 Å². The lowest BCUT2D eigenvalue weighted by atomic mass is 10.1. The minimum Gasteiger partial charge on any atom is -0.313 e. The summed E-state index contributed by atoms with van der Waals surface area (Å²) in [6.45, 7) is 5.24. The Morgan fingerprint density at radius 1 is 1.42 bits per heavy atom. The second-order valence-corrected chi connectivity index (χ2v) is 3.26. The molecule has 0 saturated heterocycles. The maximum absolute atomic E-state index is 8.30. The van der Waals surface area contributed by atoms with E-state index in [-0.39, 0.29) is 0 Å². The van der Waals surface area contributed by atoms with Gasteiger partial charge in [0.25, 0.3) is 0 Å². The SMILES string of the molecule is CCCCCC(C)NCCC#N. The average molecular weight is 168 g/mol. The summed E-state index contributed by atoms with van der Waals surface area (Å²) in [5.74, 6) is 0. The Kier molecular flexibility index (Phi) is 8.15. The number of nitriles is 1. The molecule has 0 saturated carbocycles. The van der Waals surface area contributed by atoms with Crippen LogP contribution < -0.4 is 5.32 Å². The van der Waals surface area contributed by atoms with Gasteiger partial charge in [0.05, 0.1) is 6.07 Å². The number of hydrogen-bond donors (Lipinski definition) is 1. The Labute approximate surface area is 76.0 Å². The molecule has 0 amide bonds. The molecule has 12 heavy (non-hydrogen) atoms. The molecule has 0 fully saturated rings. The normalized spacial score (nSPS) is 12.4. The van der Waals surface area contributed by atoms with Crippen molar-refractivity contribution in [3.05, 3.63) is 0 Å². The summed E-state index contributed by atoms with van der Waals surface area (Å²) in [6, 6.07) is 2.70. The van der Waals surface area contributed by atoms with E-state index < -0.39 is 0 Å². The molecule has 70 valence electrons. The van der Waals surface area contributed by atoms with Gasteiger partial charge in [-0.3, -0.25) is 0 Å². The molecule has 0 radical (unpaired) electrons. The minimum atomic E-state index is 0.574. The first-order valence-corrected chi connectivity index (χ1v) is 4.91. The molecule has 0 aliphatic heterocycles. The lowest BCUT2D eigenvalue weighted by Crippen LogP contribution is -2.26. The summed E-state index contributed by atoms with van der Waals surface area (Å²) in [5, 5.41) is 11.6. The number of hydrogen-bond acceptors (Lipinski definition) is 2. The van der Waals surface area contributed by atoms with E-state index in [0.717, 1.165) is 6.54 Å². The topological polar surface area (TPSA) is 35.8 Å². The van der Waals surface area contributed by atoms with E-state index >= 15 is 0 Å². The highest BCUT2D eigenvalue weighted by Gasteiger charge is 1.98. The lowest BCUT2D eigenvalue weighted by Gasteiger charge is -2.11. The summed E-state index contributed by atoms with van der Waals surface area (Å²) in [5.41, 5.74) is 0. The van der Waals surface area contributed by atoms with Crippen LogP contribution in [0.1, 0.15) is 46.0 Å². The van der Waals surface area contributed by atoms with Gasteiger partial charge in [0.1, 0.15) is 0 Å². The third-order valence-electron chi connectivity index (χ3n) is 1.97. The number of nitrogens with one attached hydrogen (secondary N) is 1. The van der Waals surface area contributed by atoms with E-state index in [2.05, 4.69) is 25.2 Å². The molecule has 2 heteroatoms. The Bertz CT molecular complexity index is 126. The summed E-state index contributed by atoms with van der Waals surface area (Å²) in [6.07, 6.45) is 5.77. The largest absolute Gasteiger partial charge is 0.313 e. The van der Waals surface area contributed by atoms with Crippen LogP contribution in [-0.2, 0) is 0 Å². The second kappa shape index (κ2) is 8.55. The Hall–Kier alpha value is -0.550. The first-order valence-electron chi connectivity index (χ1n) is 4.91. The van der Waals surface area contributed by atoms with Gasteiger partial charge in [-0.1, -0.05) is 26.2 Å². The van der Waals surface area contributed by atoms with E-state index in [4.69, 9.17) is 5.26 Å². The molecule has 0 aromatic heterocycles. The quantitative estimate of drug-likeness (QED) is 0.593. The first kappa shape index (κ1) is 11.4. The molecule has 1 N–H and O–H groups in total. The fourth-order valence-corrected chi connectivity index (χ4v) is 1.18. The Balaban J connectivity index is 3.11. The molecule has 0 rings (SSSR count). The predicted octanol–water partition coefficient (Wildman–Crippen LogP) is 2.46. The lowest BCUT2D eigenvalue weighted by molar-refractivity contribution is 0.493. The third kappa shape index (κ3) is 7.56. The van der Waals surface area contributed by atoms with Crippen molar-refractivity contribution in [3.63, 3.8) is 0 Å². The third-order valence-corrected chi connectivity index (χ3v) is 1.97. The maximum Gasteiger partial charge on any atom is 0.0635 e. The minimum absolute atomic E-state index is 0.574. The monoisotopic (exact) mass is 168 g/mol. The van der Waals surface area contributed by atoms with Crippen molar-refractivity contribution in [3.8, 4) is 6.07 Å². The summed E-state index contributed by atoms with van der Waals surface area (Å²) >= 11 is 0. The zero-order valence-electron chi connectivity index (χ0n) is 8.27. The molecule has 0 aliphatic rings. The van der Waals surface area contributed by atoms with Gasteiger partial charge >= 0.3 is 0 Å². The standard InChI is InChI=1S/C10H20N2/c1-3-4-5-7-10(2)12-9-6-8-11/h10,12H,3-7,9H2,1-2H3. The van der Waals surface area contributed by atoms with Gasteiger partial charge < -0.3 is 5.32 Å².